The van der Waals surface area contributed by atoms with Gasteiger partial charge in [-0.1, -0.05) is 13.8 Å². The van der Waals surface area contributed by atoms with E-state index in [9.17, 15) is 9.90 Å². The summed E-state index contributed by atoms with van der Waals surface area (Å²) in [6.45, 7) is 8.23. The average molecular weight is 231 g/mol. The highest BCUT2D eigenvalue weighted by atomic mass is 16.5. The summed E-state index contributed by atoms with van der Waals surface area (Å²) in [5.41, 5.74) is -0.955. The number of aliphatic carboxylic acids is 1. The van der Waals surface area contributed by atoms with E-state index in [4.69, 9.17) is 4.74 Å². The fourth-order valence-electron chi connectivity index (χ4n) is 1.92. The number of methoxy groups -OCH3 is 1. The van der Waals surface area contributed by atoms with Gasteiger partial charge < -0.3 is 9.84 Å². The molecule has 0 spiro atoms. The van der Waals surface area contributed by atoms with E-state index in [2.05, 4.69) is 20.8 Å². The van der Waals surface area contributed by atoms with Gasteiger partial charge in [-0.2, -0.15) is 0 Å². The molecule has 0 aliphatic carbocycles. The molecule has 0 radical (unpaired) electrons. The number of carboxylic acid groups (broad SMARTS) is 1. The summed E-state index contributed by atoms with van der Waals surface area (Å²) in [6.07, 6.45) is 0.975. The average Bonchev–Trinajstić information content (AvgIpc) is 2.15. The second-order valence-corrected chi connectivity index (χ2v) is 5.10. The molecule has 16 heavy (non-hydrogen) atoms. The normalized spacial score (nSPS) is 17.5. The highest BCUT2D eigenvalue weighted by Gasteiger charge is 2.39. The molecule has 1 N–H and O–H groups in total. The zero-order chi connectivity index (χ0) is 12.9. The van der Waals surface area contributed by atoms with E-state index in [-0.39, 0.29) is 12.6 Å². The summed E-state index contributed by atoms with van der Waals surface area (Å²) in [7, 11) is 3.38. The van der Waals surface area contributed by atoms with Crippen molar-refractivity contribution in [2.75, 3.05) is 20.8 Å². The number of ether oxygens (including phenoxy) is 1. The van der Waals surface area contributed by atoms with E-state index in [1.165, 1.54) is 7.11 Å². The summed E-state index contributed by atoms with van der Waals surface area (Å²) in [4.78, 5) is 13.2. The van der Waals surface area contributed by atoms with Crippen molar-refractivity contribution >= 4 is 5.97 Å². The number of rotatable bonds is 7. The lowest BCUT2D eigenvalue weighted by Crippen LogP contribution is -2.57. The lowest BCUT2D eigenvalue weighted by molar-refractivity contribution is -0.155. The first-order valence-electron chi connectivity index (χ1n) is 5.71. The molecule has 0 amide bonds. The van der Waals surface area contributed by atoms with E-state index < -0.39 is 11.5 Å². The lowest BCUT2D eigenvalue weighted by atomic mass is 9.96. The minimum absolute atomic E-state index is 0.196. The van der Waals surface area contributed by atoms with Crippen LogP contribution in [0.1, 0.15) is 34.1 Å². The zero-order valence-corrected chi connectivity index (χ0v) is 11.3. The Morgan fingerprint density at radius 3 is 2.25 bits per heavy atom. The fraction of sp³-hybridized carbons (Fsp3) is 0.917. The maximum absolute atomic E-state index is 11.3. The molecule has 0 rings (SSSR count). The van der Waals surface area contributed by atoms with Crippen molar-refractivity contribution in [2.45, 2.75) is 45.7 Å². The monoisotopic (exact) mass is 231 g/mol. The first-order chi connectivity index (χ1) is 7.25. The number of carbonyl (C=O) groups is 1. The molecule has 96 valence electrons. The summed E-state index contributed by atoms with van der Waals surface area (Å²) >= 11 is 0. The van der Waals surface area contributed by atoms with Crippen LogP contribution in [0.2, 0.25) is 0 Å². The third kappa shape index (κ3) is 3.76. The minimum atomic E-state index is -0.955. The Bertz CT molecular complexity index is 230. The van der Waals surface area contributed by atoms with Crippen molar-refractivity contribution in [3.8, 4) is 0 Å². The van der Waals surface area contributed by atoms with Crippen LogP contribution in [0, 0.1) is 5.92 Å². The largest absolute Gasteiger partial charge is 0.480 e. The van der Waals surface area contributed by atoms with Crippen LogP contribution in [-0.4, -0.2) is 48.3 Å². The molecule has 4 nitrogen and oxygen atoms in total. The Morgan fingerprint density at radius 2 is 1.94 bits per heavy atom. The molecular weight excluding hydrogens is 206 g/mol. The van der Waals surface area contributed by atoms with Crippen LogP contribution < -0.4 is 0 Å². The van der Waals surface area contributed by atoms with Crippen LogP contribution in [0.5, 0.6) is 0 Å². The highest BCUT2D eigenvalue weighted by molar-refractivity contribution is 5.78. The quantitative estimate of drug-likeness (QED) is 0.726. The smallest absolute Gasteiger partial charge is 0.326 e. The molecule has 0 aromatic heterocycles. The summed E-state index contributed by atoms with van der Waals surface area (Å²) in [6, 6.07) is 0.219. The van der Waals surface area contributed by atoms with Crippen LogP contribution in [0.15, 0.2) is 0 Å². The topological polar surface area (TPSA) is 49.8 Å². The minimum Gasteiger partial charge on any atom is -0.480 e. The predicted octanol–water partition coefficient (Wildman–Crippen LogP) is 1.84. The van der Waals surface area contributed by atoms with E-state index in [1.54, 1.807) is 6.92 Å². The summed E-state index contributed by atoms with van der Waals surface area (Å²) in [5.74, 6) is -0.287. The fourth-order valence-corrected chi connectivity index (χ4v) is 1.92. The Morgan fingerprint density at radius 1 is 1.44 bits per heavy atom. The third-order valence-electron chi connectivity index (χ3n) is 3.14. The van der Waals surface area contributed by atoms with E-state index in [0.717, 1.165) is 6.42 Å². The van der Waals surface area contributed by atoms with Crippen molar-refractivity contribution in [1.29, 1.82) is 0 Å². The van der Waals surface area contributed by atoms with Gasteiger partial charge in [-0.25, -0.2) is 0 Å². The Kier molecular flexibility index (Phi) is 5.97. The molecule has 2 unspecified atom stereocenters. The molecule has 0 saturated heterocycles. The molecule has 0 aromatic rings. The zero-order valence-electron chi connectivity index (χ0n) is 11.3. The molecule has 0 fully saturated rings. The SMILES string of the molecule is COCC(C)(C(=O)O)N(C)C(C)CC(C)C. The molecule has 0 aromatic carbocycles. The standard InChI is InChI=1S/C12H25NO3/c1-9(2)7-10(3)13(5)12(4,8-16-6)11(14)15/h9-10H,7-8H2,1-6H3,(H,14,15). The first-order valence-corrected chi connectivity index (χ1v) is 5.71. The highest BCUT2D eigenvalue weighted by Crippen LogP contribution is 2.21. The molecule has 0 heterocycles. The number of hydrogen-bond acceptors (Lipinski definition) is 3. The molecule has 0 bridgehead atoms. The van der Waals surface area contributed by atoms with Gasteiger partial charge >= 0.3 is 5.97 Å². The van der Waals surface area contributed by atoms with Crippen molar-refractivity contribution in [3.63, 3.8) is 0 Å². The van der Waals surface area contributed by atoms with Crippen molar-refractivity contribution in [3.05, 3.63) is 0 Å². The van der Waals surface area contributed by atoms with Gasteiger partial charge in [0.05, 0.1) is 6.61 Å². The first kappa shape index (κ1) is 15.4. The predicted molar refractivity (Wildman–Crippen MR) is 64.6 cm³/mol. The van der Waals surface area contributed by atoms with E-state index >= 15 is 0 Å². The van der Waals surface area contributed by atoms with E-state index in [1.807, 2.05) is 11.9 Å². The number of likely N-dealkylation sites (N-methyl/N-ethyl adjacent to an activating group) is 1. The number of carboxylic acids is 1. The second kappa shape index (κ2) is 6.21. The van der Waals surface area contributed by atoms with Gasteiger partial charge in [0, 0.05) is 13.2 Å². The molecular formula is C12H25NO3. The second-order valence-electron chi connectivity index (χ2n) is 5.10. The maximum atomic E-state index is 11.3. The number of hydrogen-bond donors (Lipinski definition) is 1. The van der Waals surface area contributed by atoms with Crippen molar-refractivity contribution < 1.29 is 14.6 Å². The molecule has 2 atom stereocenters. The van der Waals surface area contributed by atoms with Gasteiger partial charge in [-0.15, -0.1) is 0 Å². The van der Waals surface area contributed by atoms with Gasteiger partial charge in [-0.3, -0.25) is 9.69 Å². The molecule has 4 heteroatoms. The Balaban J connectivity index is 4.73. The molecule has 0 aliphatic heterocycles. The van der Waals surface area contributed by atoms with Crippen molar-refractivity contribution in [2.24, 2.45) is 5.92 Å². The van der Waals surface area contributed by atoms with Gasteiger partial charge in [0.1, 0.15) is 5.54 Å². The Hall–Kier alpha value is -0.610. The summed E-state index contributed by atoms with van der Waals surface area (Å²) < 4.78 is 5.02. The third-order valence-corrected chi connectivity index (χ3v) is 3.14. The maximum Gasteiger partial charge on any atom is 0.326 e. The van der Waals surface area contributed by atoms with Crippen LogP contribution in [0.4, 0.5) is 0 Å². The van der Waals surface area contributed by atoms with Gasteiger partial charge in [0.2, 0.25) is 0 Å². The number of nitrogens with zero attached hydrogens (tertiary/aromatic N) is 1. The van der Waals surface area contributed by atoms with E-state index in [0.29, 0.717) is 5.92 Å². The van der Waals surface area contributed by atoms with Crippen LogP contribution in [0.3, 0.4) is 0 Å². The molecule has 0 aliphatic rings. The molecule has 0 saturated carbocycles. The Labute approximate surface area is 98.6 Å². The lowest BCUT2D eigenvalue weighted by Gasteiger charge is -2.39. The van der Waals surface area contributed by atoms with Gasteiger partial charge in [-0.05, 0) is 33.2 Å². The van der Waals surface area contributed by atoms with Crippen LogP contribution in [-0.2, 0) is 9.53 Å². The van der Waals surface area contributed by atoms with Crippen LogP contribution >= 0.6 is 0 Å². The van der Waals surface area contributed by atoms with Crippen molar-refractivity contribution in [1.82, 2.24) is 4.90 Å². The summed E-state index contributed by atoms with van der Waals surface area (Å²) in [5, 5.41) is 9.30. The van der Waals surface area contributed by atoms with Crippen LogP contribution in [0.25, 0.3) is 0 Å². The van der Waals surface area contributed by atoms with Gasteiger partial charge in [0.15, 0.2) is 0 Å². The van der Waals surface area contributed by atoms with Gasteiger partial charge in [0.25, 0.3) is 0 Å².